The number of pyridine rings is 1. The molecule has 6 heteroatoms. The van der Waals surface area contributed by atoms with E-state index in [1.165, 1.54) is 5.56 Å². The van der Waals surface area contributed by atoms with E-state index < -0.39 is 6.64 Å². The zero-order chi connectivity index (χ0) is 17.2. The quantitative estimate of drug-likeness (QED) is 0.810. The number of nitrogens with one attached hydrogen (secondary N) is 1. The standard InChI is InChI=1S/C18H23N2O2PS/c1-14-6-8-16(9-7-14)17-18(2,3)13-21-23(24,22-17)20-12-15-5-4-10-19-11-15/h4-11,17H,12-13H2,1-3H3,(H,20,24)/t17-,23+/m0/s1. The Bertz CT molecular complexity index is 734. The lowest BCUT2D eigenvalue weighted by Crippen LogP contribution is -2.35. The number of nitrogens with zero attached hydrogens (tertiary/aromatic N) is 1. The van der Waals surface area contributed by atoms with E-state index in [1.54, 1.807) is 6.20 Å². The van der Waals surface area contributed by atoms with Gasteiger partial charge in [-0.25, -0.2) is 5.09 Å². The second-order valence-electron chi connectivity index (χ2n) is 6.85. The molecule has 1 aromatic carbocycles. The summed E-state index contributed by atoms with van der Waals surface area (Å²) in [6.45, 7) is 5.01. The molecule has 1 aliphatic rings. The zero-order valence-corrected chi connectivity index (χ0v) is 15.9. The van der Waals surface area contributed by atoms with Gasteiger partial charge in [-0.05, 0) is 35.9 Å². The van der Waals surface area contributed by atoms with E-state index >= 15 is 0 Å². The molecule has 128 valence electrons. The Morgan fingerprint density at radius 3 is 2.71 bits per heavy atom. The van der Waals surface area contributed by atoms with Crippen LogP contribution in [0.25, 0.3) is 0 Å². The van der Waals surface area contributed by atoms with Crippen molar-refractivity contribution in [1.82, 2.24) is 10.1 Å². The van der Waals surface area contributed by atoms with Crippen LogP contribution in [0.15, 0.2) is 48.8 Å². The number of hydrogen-bond acceptors (Lipinski definition) is 4. The molecular weight excluding hydrogens is 339 g/mol. The maximum absolute atomic E-state index is 6.31. The van der Waals surface area contributed by atoms with Gasteiger partial charge in [0.1, 0.15) is 0 Å². The average Bonchev–Trinajstić information content (AvgIpc) is 2.58. The summed E-state index contributed by atoms with van der Waals surface area (Å²) in [4.78, 5) is 4.12. The Kier molecular flexibility index (Phi) is 5.19. The van der Waals surface area contributed by atoms with Crippen LogP contribution in [0.5, 0.6) is 0 Å². The van der Waals surface area contributed by atoms with Crippen LogP contribution in [-0.2, 0) is 27.4 Å². The van der Waals surface area contributed by atoms with Crippen molar-refractivity contribution < 1.29 is 9.05 Å². The van der Waals surface area contributed by atoms with Crippen molar-refractivity contribution >= 4 is 18.4 Å². The zero-order valence-electron chi connectivity index (χ0n) is 14.2. The van der Waals surface area contributed by atoms with Crippen LogP contribution >= 0.6 is 6.64 Å². The molecule has 1 fully saturated rings. The lowest BCUT2D eigenvalue weighted by molar-refractivity contribution is -0.0151. The summed E-state index contributed by atoms with van der Waals surface area (Å²) in [5.41, 5.74) is 3.31. The van der Waals surface area contributed by atoms with Crippen molar-refractivity contribution in [3.63, 3.8) is 0 Å². The van der Waals surface area contributed by atoms with Crippen LogP contribution in [0.3, 0.4) is 0 Å². The molecule has 0 aliphatic carbocycles. The molecule has 0 saturated carbocycles. The monoisotopic (exact) mass is 362 g/mol. The van der Waals surface area contributed by atoms with E-state index in [0.717, 1.165) is 11.1 Å². The predicted molar refractivity (Wildman–Crippen MR) is 100 cm³/mol. The first-order valence-electron chi connectivity index (χ1n) is 8.02. The molecule has 3 rings (SSSR count). The van der Waals surface area contributed by atoms with E-state index in [4.69, 9.17) is 20.9 Å². The summed E-state index contributed by atoms with van der Waals surface area (Å²) in [6.07, 6.45) is 3.49. The van der Waals surface area contributed by atoms with Crippen LogP contribution in [-0.4, -0.2) is 11.6 Å². The SMILES string of the molecule is Cc1ccc([C@@H]2O[P@@](=S)(NCc3cccnc3)OCC2(C)C)cc1. The third kappa shape index (κ3) is 4.11. The fraction of sp³-hybridized carbons (Fsp3) is 0.389. The van der Waals surface area contributed by atoms with Crippen LogP contribution in [0, 0.1) is 12.3 Å². The Morgan fingerprint density at radius 1 is 1.29 bits per heavy atom. The van der Waals surface area contributed by atoms with Gasteiger partial charge in [-0.2, -0.15) is 0 Å². The third-order valence-electron chi connectivity index (χ3n) is 4.14. The highest BCUT2D eigenvalue weighted by molar-refractivity contribution is 8.09. The van der Waals surface area contributed by atoms with Gasteiger partial charge in [-0.15, -0.1) is 0 Å². The summed E-state index contributed by atoms with van der Waals surface area (Å²) in [5, 5.41) is 3.30. The number of hydrogen-bond donors (Lipinski definition) is 1. The van der Waals surface area contributed by atoms with Crippen molar-refractivity contribution in [2.24, 2.45) is 5.41 Å². The molecule has 0 bridgehead atoms. The molecular formula is C18H23N2O2PS. The summed E-state index contributed by atoms with van der Waals surface area (Å²) >= 11 is 5.69. The van der Waals surface area contributed by atoms with E-state index in [-0.39, 0.29) is 11.5 Å². The van der Waals surface area contributed by atoms with Gasteiger partial charge in [0.05, 0.1) is 12.7 Å². The Labute approximate surface area is 148 Å². The van der Waals surface area contributed by atoms with Gasteiger partial charge in [-0.1, -0.05) is 49.7 Å². The molecule has 0 unspecified atom stereocenters. The molecule has 0 radical (unpaired) electrons. The minimum Gasteiger partial charge on any atom is -0.317 e. The summed E-state index contributed by atoms with van der Waals surface area (Å²) in [5.74, 6) is 0. The highest BCUT2D eigenvalue weighted by Crippen LogP contribution is 2.58. The Morgan fingerprint density at radius 2 is 2.04 bits per heavy atom. The normalized spacial score (nSPS) is 26.2. The first-order chi connectivity index (χ1) is 11.4. The molecule has 2 heterocycles. The molecule has 1 aromatic heterocycles. The largest absolute Gasteiger partial charge is 0.317 e. The van der Waals surface area contributed by atoms with Crippen LogP contribution in [0.2, 0.25) is 0 Å². The van der Waals surface area contributed by atoms with Crippen molar-refractivity contribution in [2.75, 3.05) is 6.61 Å². The Balaban J connectivity index is 1.76. The fourth-order valence-corrected chi connectivity index (χ4v) is 5.07. The van der Waals surface area contributed by atoms with Gasteiger partial charge in [0.2, 0.25) is 0 Å². The summed E-state index contributed by atoms with van der Waals surface area (Å²) < 4.78 is 12.3. The number of benzene rings is 1. The summed E-state index contributed by atoms with van der Waals surface area (Å²) in [6, 6.07) is 12.4. The maximum atomic E-state index is 6.31. The topological polar surface area (TPSA) is 43.4 Å². The lowest BCUT2D eigenvalue weighted by atomic mass is 9.83. The lowest BCUT2D eigenvalue weighted by Gasteiger charge is -2.43. The van der Waals surface area contributed by atoms with Crippen molar-refractivity contribution in [3.05, 3.63) is 65.5 Å². The maximum Gasteiger partial charge on any atom is 0.262 e. The molecule has 2 aromatic rings. The minimum atomic E-state index is -2.54. The van der Waals surface area contributed by atoms with Crippen molar-refractivity contribution in [1.29, 1.82) is 0 Å². The van der Waals surface area contributed by atoms with Gasteiger partial charge in [0, 0.05) is 24.4 Å². The minimum absolute atomic E-state index is 0.0842. The average molecular weight is 362 g/mol. The van der Waals surface area contributed by atoms with Crippen LogP contribution in [0.4, 0.5) is 0 Å². The van der Waals surface area contributed by atoms with Crippen molar-refractivity contribution in [2.45, 2.75) is 33.4 Å². The highest BCUT2D eigenvalue weighted by atomic mass is 32.5. The first-order valence-corrected chi connectivity index (χ1v) is 10.7. The molecule has 1 aliphatic heterocycles. The van der Waals surface area contributed by atoms with Gasteiger partial charge < -0.3 is 9.05 Å². The van der Waals surface area contributed by atoms with Gasteiger partial charge >= 0.3 is 0 Å². The smallest absolute Gasteiger partial charge is 0.262 e. The molecule has 4 nitrogen and oxygen atoms in total. The first kappa shape index (κ1) is 17.7. The molecule has 0 amide bonds. The Hall–Kier alpha value is -1.10. The molecule has 1 N–H and O–H groups in total. The molecule has 2 atom stereocenters. The number of rotatable bonds is 4. The van der Waals surface area contributed by atoms with Crippen molar-refractivity contribution in [3.8, 4) is 0 Å². The number of aromatic nitrogens is 1. The third-order valence-corrected chi connectivity index (χ3v) is 6.60. The van der Waals surface area contributed by atoms with E-state index in [2.05, 4.69) is 55.1 Å². The van der Waals surface area contributed by atoms with E-state index in [0.29, 0.717) is 13.2 Å². The van der Waals surface area contributed by atoms with Crippen LogP contribution in [0.1, 0.15) is 36.6 Å². The molecule has 0 spiro atoms. The van der Waals surface area contributed by atoms with E-state index in [9.17, 15) is 0 Å². The number of aryl methyl sites for hydroxylation is 1. The fourth-order valence-electron chi connectivity index (χ4n) is 2.67. The van der Waals surface area contributed by atoms with Gasteiger partial charge in [0.25, 0.3) is 6.64 Å². The summed E-state index contributed by atoms with van der Waals surface area (Å²) in [7, 11) is 0. The van der Waals surface area contributed by atoms with Crippen LogP contribution < -0.4 is 5.09 Å². The van der Waals surface area contributed by atoms with Gasteiger partial charge in [0.15, 0.2) is 0 Å². The van der Waals surface area contributed by atoms with Gasteiger partial charge in [-0.3, -0.25) is 4.98 Å². The highest BCUT2D eigenvalue weighted by Gasteiger charge is 2.42. The second kappa shape index (κ2) is 7.03. The van der Waals surface area contributed by atoms with E-state index in [1.807, 2.05) is 18.3 Å². The molecule has 1 saturated heterocycles. The second-order valence-corrected chi connectivity index (χ2v) is 10.1. The molecule has 24 heavy (non-hydrogen) atoms. The predicted octanol–water partition coefficient (Wildman–Crippen LogP) is 4.52.